The third-order valence-corrected chi connectivity index (χ3v) is 8.32. The molecule has 2 unspecified atom stereocenters. The Morgan fingerprint density at radius 1 is 0.976 bits per heavy atom. The highest BCUT2D eigenvalue weighted by atomic mass is 16.5. The molecule has 1 heterocycles. The number of benzene rings is 1. The number of allylic oxidation sites excluding steroid dienone is 5. The molecule has 9 nitrogen and oxygen atoms in total. The third kappa shape index (κ3) is 5.59. The minimum absolute atomic E-state index is 0.0229. The number of carbonyl (C=O) groups excluding carboxylic acids is 3. The van der Waals surface area contributed by atoms with Crippen molar-refractivity contribution in [2.24, 2.45) is 17.3 Å². The number of Topliss-reactive ketones (excluding diaryl/α,β-unsaturated/α-hetero) is 3. The van der Waals surface area contributed by atoms with Crippen LogP contribution in [0.5, 0.6) is 17.2 Å². The van der Waals surface area contributed by atoms with E-state index in [0.29, 0.717) is 12.8 Å². The summed E-state index contributed by atoms with van der Waals surface area (Å²) < 4.78 is 6.26. The second kappa shape index (κ2) is 11.6. The topological polar surface area (TPSA) is 162 Å². The first-order valence-electron chi connectivity index (χ1n) is 14.4. The van der Waals surface area contributed by atoms with E-state index in [9.17, 15) is 39.9 Å². The summed E-state index contributed by atoms with van der Waals surface area (Å²) in [5, 5.41) is 56.3. The Morgan fingerprint density at radius 3 is 2.07 bits per heavy atom. The van der Waals surface area contributed by atoms with Gasteiger partial charge in [0.05, 0.1) is 11.5 Å². The van der Waals surface area contributed by atoms with E-state index in [4.69, 9.17) is 4.74 Å². The van der Waals surface area contributed by atoms with Gasteiger partial charge in [-0.3, -0.25) is 14.4 Å². The molecule has 0 aromatic heterocycles. The number of rotatable bonds is 9. The quantitative estimate of drug-likeness (QED) is 0.138. The molecule has 3 rings (SSSR count). The van der Waals surface area contributed by atoms with Gasteiger partial charge in [-0.2, -0.15) is 0 Å². The van der Waals surface area contributed by atoms with Crippen molar-refractivity contribution in [3.05, 3.63) is 51.0 Å². The number of phenols is 2. The number of phenolic OH excluding ortho intramolecular Hbond substituents is 2. The molecule has 0 spiro atoms. The first-order valence-corrected chi connectivity index (χ1v) is 14.4. The summed E-state index contributed by atoms with van der Waals surface area (Å²) in [5.41, 5.74) is -2.59. The Balaban J connectivity index is 2.27. The first kappa shape index (κ1) is 32.9. The second-order valence-corrected chi connectivity index (χ2v) is 13.0. The van der Waals surface area contributed by atoms with Gasteiger partial charge in [0.15, 0.2) is 17.3 Å². The van der Waals surface area contributed by atoms with Gasteiger partial charge in [0.2, 0.25) is 0 Å². The van der Waals surface area contributed by atoms with Gasteiger partial charge >= 0.3 is 0 Å². The van der Waals surface area contributed by atoms with Crippen molar-refractivity contribution < 1.29 is 44.7 Å². The van der Waals surface area contributed by atoms with Crippen LogP contribution in [0.1, 0.15) is 96.6 Å². The number of carbonyl (C=O) groups is 3. The molecule has 0 radical (unpaired) electrons. The Hall–Kier alpha value is -3.59. The van der Waals surface area contributed by atoms with Gasteiger partial charge in [0.1, 0.15) is 45.5 Å². The molecule has 0 saturated carbocycles. The van der Waals surface area contributed by atoms with Crippen molar-refractivity contribution in [3.63, 3.8) is 0 Å². The Labute approximate surface area is 247 Å². The van der Waals surface area contributed by atoms with E-state index >= 15 is 0 Å². The highest BCUT2D eigenvalue weighted by Gasteiger charge is 2.47. The molecule has 1 aromatic rings. The lowest BCUT2D eigenvalue weighted by atomic mass is 9.72. The number of aliphatic hydroxyl groups excluding tert-OH is 3. The number of fused-ring (bicyclic) bond motifs is 1. The highest BCUT2D eigenvalue weighted by molar-refractivity contribution is 6.24. The lowest BCUT2D eigenvalue weighted by molar-refractivity contribution is -0.128. The number of aliphatic hydroxyl groups is 3. The number of aromatic hydroxyl groups is 2. The standard InChI is InChI=1S/C33H44O9/c1-15(2)11-10-12-33(9)21(34)14-19-26(37)18(27(38)22(29(19)42-33)24(35)16(3)4)13-20-28(39)23(25(36)17(5)6)31(41)32(7,8)30(20)40/h11,16-17,21,34,37-40H,10,12-14H2,1-9H3. The van der Waals surface area contributed by atoms with Gasteiger partial charge in [-0.25, -0.2) is 0 Å². The Morgan fingerprint density at radius 2 is 1.55 bits per heavy atom. The SMILES string of the molecule is CC(C)=CCCC1(C)Oc2c(c(O)c(CC3=C(O)C(C)(C)C(=O)C(C(=O)C(C)C)=C3O)c(O)c2C(=O)C(C)C)CC1O. The summed E-state index contributed by atoms with van der Waals surface area (Å²) in [5.74, 6) is -5.42. The molecular formula is C33H44O9. The van der Waals surface area contributed by atoms with Crippen molar-refractivity contribution in [3.8, 4) is 17.2 Å². The summed E-state index contributed by atoms with van der Waals surface area (Å²) in [6, 6.07) is 0. The number of ketones is 3. The molecule has 1 aliphatic heterocycles. The van der Waals surface area contributed by atoms with Crippen LogP contribution in [0.25, 0.3) is 0 Å². The van der Waals surface area contributed by atoms with Crippen LogP contribution in [0.15, 0.2) is 34.3 Å². The average Bonchev–Trinajstić information content (AvgIpc) is 2.88. The fraction of sp³-hybridized carbons (Fsp3) is 0.545. The zero-order valence-electron chi connectivity index (χ0n) is 26.0. The molecule has 1 aliphatic carbocycles. The number of ether oxygens (including phenoxy) is 1. The Kier molecular flexibility index (Phi) is 9.09. The summed E-state index contributed by atoms with van der Waals surface area (Å²) in [4.78, 5) is 39.5. The van der Waals surface area contributed by atoms with Crippen LogP contribution in [0.4, 0.5) is 0 Å². The Bertz CT molecular complexity index is 1420. The van der Waals surface area contributed by atoms with Crippen LogP contribution in [0.2, 0.25) is 0 Å². The molecule has 230 valence electrons. The predicted octanol–water partition coefficient (Wildman–Crippen LogP) is 5.74. The largest absolute Gasteiger partial charge is 0.511 e. The van der Waals surface area contributed by atoms with Crippen molar-refractivity contribution in [2.45, 2.75) is 99.7 Å². The molecule has 2 atom stereocenters. The molecule has 0 saturated heterocycles. The van der Waals surface area contributed by atoms with Gasteiger partial charge in [-0.05, 0) is 47.5 Å². The van der Waals surface area contributed by atoms with Gasteiger partial charge in [0.25, 0.3) is 0 Å². The first-order chi connectivity index (χ1) is 19.3. The molecule has 5 N–H and O–H groups in total. The third-order valence-electron chi connectivity index (χ3n) is 8.32. The minimum Gasteiger partial charge on any atom is -0.511 e. The molecule has 0 bridgehead atoms. The van der Waals surface area contributed by atoms with Gasteiger partial charge in [0, 0.05) is 41.4 Å². The number of hydrogen-bond acceptors (Lipinski definition) is 9. The smallest absolute Gasteiger partial charge is 0.183 e. The maximum Gasteiger partial charge on any atom is 0.183 e. The lowest BCUT2D eigenvalue weighted by Crippen LogP contribution is -2.49. The van der Waals surface area contributed by atoms with Gasteiger partial charge < -0.3 is 30.3 Å². The van der Waals surface area contributed by atoms with E-state index in [0.717, 1.165) is 5.57 Å². The lowest BCUT2D eigenvalue weighted by Gasteiger charge is -2.41. The number of hydrogen-bond donors (Lipinski definition) is 5. The van der Waals surface area contributed by atoms with E-state index in [-0.39, 0.29) is 34.4 Å². The molecule has 2 aliphatic rings. The monoisotopic (exact) mass is 584 g/mol. The van der Waals surface area contributed by atoms with E-state index in [2.05, 4.69) is 0 Å². The molecular weight excluding hydrogens is 540 g/mol. The van der Waals surface area contributed by atoms with Crippen LogP contribution < -0.4 is 4.74 Å². The van der Waals surface area contributed by atoms with Crippen molar-refractivity contribution in [1.82, 2.24) is 0 Å². The predicted molar refractivity (Wildman–Crippen MR) is 158 cm³/mol. The molecule has 0 fully saturated rings. The van der Waals surface area contributed by atoms with Crippen LogP contribution >= 0.6 is 0 Å². The van der Waals surface area contributed by atoms with E-state index < -0.39 is 81.3 Å². The van der Waals surface area contributed by atoms with Crippen LogP contribution in [-0.2, 0) is 22.4 Å². The summed E-state index contributed by atoms with van der Waals surface area (Å²) in [6.07, 6.45) is 1.34. The molecule has 9 heteroatoms. The summed E-state index contributed by atoms with van der Waals surface area (Å²) in [7, 11) is 0. The maximum absolute atomic E-state index is 13.5. The van der Waals surface area contributed by atoms with E-state index in [1.54, 1.807) is 34.6 Å². The summed E-state index contributed by atoms with van der Waals surface area (Å²) in [6.45, 7) is 14.9. The van der Waals surface area contributed by atoms with Gasteiger partial charge in [-0.1, -0.05) is 39.3 Å². The minimum atomic E-state index is -1.58. The van der Waals surface area contributed by atoms with E-state index in [1.807, 2.05) is 19.9 Å². The van der Waals surface area contributed by atoms with E-state index in [1.165, 1.54) is 13.8 Å². The average molecular weight is 585 g/mol. The second-order valence-electron chi connectivity index (χ2n) is 13.0. The summed E-state index contributed by atoms with van der Waals surface area (Å²) >= 11 is 0. The van der Waals surface area contributed by atoms with Crippen molar-refractivity contribution in [2.75, 3.05) is 0 Å². The van der Waals surface area contributed by atoms with Crippen LogP contribution in [0, 0.1) is 17.3 Å². The van der Waals surface area contributed by atoms with Crippen LogP contribution in [0.3, 0.4) is 0 Å². The molecule has 0 amide bonds. The zero-order valence-corrected chi connectivity index (χ0v) is 26.0. The van der Waals surface area contributed by atoms with Crippen molar-refractivity contribution in [1.29, 1.82) is 0 Å². The fourth-order valence-corrected chi connectivity index (χ4v) is 5.40. The normalized spacial score (nSPS) is 21.9. The van der Waals surface area contributed by atoms with Crippen molar-refractivity contribution >= 4 is 17.3 Å². The highest BCUT2D eigenvalue weighted by Crippen LogP contribution is 2.51. The fourth-order valence-electron chi connectivity index (χ4n) is 5.40. The maximum atomic E-state index is 13.5. The van der Waals surface area contributed by atoms with Gasteiger partial charge in [-0.15, -0.1) is 0 Å². The van der Waals surface area contributed by atoms with Crippen LogP contribution in [-0.4, -0.2) is 54.6 Å². The molecule has 42 heavy (non-hydrogen) atoms. The zero-order chi connectivity index (χ0) is 32.1. The molecule has 1 aromatic carbocycles.